The fraction of sp³-hybridized carbons (Fsp3) is 0.750. The maximum Gasteiger partial charge on any atom is 0.331 e. The van der Waals surface area contributed by atoms with Crippen molar-refractivity contribution >= 4 is 11.9 Å². The Morgan fingerprint density at radius 1 is 1.18 bits per heavy atom. The van der Waals surface area contributed by atoms with Crippen LogP contribution in [0.4, 0.5) is 0 Å². The molecule has 0 amide bonds. The van der Waals surface area contributed by atoms with E-state index in [0.717, 1.165) is 57.8 Å². The first kappa shape index (κ1) is 18.6. The number of carbonyl (C=O) groups is 2. The number of ether oxygens (including phenoxy) is 3. The first-order valence-electron chi connectivity index (χ1n) is 7.93. The van der Waals surface area contributed by atoms with Crippen molar-refractivity contribution in [1.29, 1.82) is 0 Å². The van der Waals surface area contributed by atoms with Gasteiger partial charge in [0.25, 0.3) is 0 Å². The van der Waals surface area contributed by atoms with E-state index in [9.17, 15) is 9.59 Å². The Labute approximate surface area is 132 Å². The molecule has 1 rings (SSSR count). The zero-order chi connectivity index (χ0) is 16.2. The molecule has 6 nitrogen and oxygen atoms in total. The molecule has 1 unspecified atom stereocenters. The van der Waals surface area contributed by atoms with Crippen LogP contribution in [0.15, 0.2) is 12.2 Å². The van der Waals surface area contributed by atoms with Crippen LogP contribution in [-0.4, -0.2) is 62.9 Å². The Morgan fingerprint density at radius 3 is 2.45 bits per heavy atom. The molecule has 0 aromatic carbocycles. The number of hydrogen-bond donors (Lipinski definition) is 0. The van der Waals surface area contributed by atoms with Crippen molar-refractivity contribution in [3.8, 4) is 0 Å². The summed E-state index contributed by atoms with van der Waals surface area (Å²) in [5, 5.41) is 0. The molecule has 22 heavy (non-hydrogen) atoms. The number of hydrogen-bond acceptors (Lipinski definition) is 6. The molecule has 1 aliphatic heterocycles. The molecule has 0 bridgehead atoms. The molecule has 1 atom stereocenters. The molecule has 0 aromatic heterocycles. The maximum absolute atomic E-state index is 11.4. The average molecular weight is 313 g/mol. The van der Waals surface area contributed by atoms with Gasteiger partial charge in [-0.2, -0.15) is 0 Å². The molecule has 0 spiro atoms. The van der Waals surface area contributed by atoms with Crippen molar-refractivity contribution in [1.82, 2.24) is 4.90 Å². The summed E-state index contributed by atoms with van der Waals surface area (Å²) in [5.41, 5.74) is 0. The third kappa shape index (κ3) is 8.79. The molecule has 0 N–H and O–H groups in total. The van der Waals surface area contributed by atoms with Gasteiger partial charge in [0.2, 0.25) is 0 Å². The molecule has 0 radical (unpaired) electrons. The number of rotatable bonds is 9. The normalized spacial score (nSPS) is 17.4. The first-order valence-corrected chi connectivity index (χ1v) is 7.93. The Balaban J connectivity index is 2.06. The second-order valence-corrected chi connectivity index (χ2v) is 5.45. The van der Waals surface area contributed by atoms with Crippen LogP contribution in [-0.2, 0) is 23.8 Å². The molecule has 126 valence electrons. The van der Waals surface area contributed by atoms with Gasteiger partial charge in [-0.1, -0.05) is 20.3 Å². The molecule has 1 fully saturated rings. The predicted molar refractivity (Wildman–Crippen MR) is 82.4 cm³/mol. The largest absolute Gasteiger partial charge is 0.462 e. The number of esters is 2. The maximum atomic E-state index is 11.4. The first-order chi connectivity index (χ1) is 10.6. The summed E-state index contributed by atoms with van der Waals surface area (Å²) in [6.07, 6.45) is 3.96. The minimum absolute atomic E-state index is 0.324. The van der Waals surface area contributed by atoms with E-state index in [-0.39, 0.29) is 0 Å². The Morgan fingerprint density at radius 2 is 1.82 bits per heavy atom. The highest BCUT2D eigenvalue weighted by molar-refractivity contribution is 5.91. The van der Waals surface area contributed by atoms with Crippen LogP contribution in [0.5, 0.6) is 0 Å². The summed E-state index contributed by atoms with van der Waals surface area (Å²) < 4.78 is 15.3. The molecule has 0 saturated carbocycles. The topological polar surface area (TPSA) is 65.1 Å². The van der Waals surface area contributed by atoms with E-state index in [1.165, 1.54) is 0 Å². The quantitative estimate of drug-likeness (QED) is 0.364. The SMILES string of the molecule is CCC(C)COC(=O)/C=C/C(=O)OCCCN1CCOCC1. The highest BCUT2D eigenvalue weighted by Gasteiger charge is 2.09. The van der Waals surface area contributed by atoms with Crippen LogP contribution in [0.2, 0.25) is 0 Å². The fourth-order valence-electron chi connectivity index (χ4n) is 1.86. The smallest absolute Gasteiger partial charge is 0.331 e. The summed E-state index contributed by atoms with van der Waals surface area (Å²) in [6, 6.07) is 0. The van der Waals surface area contributed by atoms with Crippen molar-refractivity contribution < 1.29 is 23.8 Å². The number of nitrogens with zero attached hydrogens (tertiary/aromatic N) is 1. The van der Waals surface area contributed by atoms with E-state index in [4.69, 9.17) is 14.2 Å². The van der Waals surface area contributed by atoms with Crippen LogP contribution in [0, 0.1) is 5.92 Å². The van der Waals surface area contributed by atoms with Gasteiger partial charge in [-0.15, -0.1) is 0 Å². The van der Waals surface area contributed by atoms with Gasteiger partial charge in [-0.05, 0) is 12.3 Å². The lowest BCUT2D eigenvalue weighted by Crippen LogP contribution is -2.37. The zero-order valence-corrected chi connectivity index (χ0v) is 13.6. The summed E-state index contributed by atoms with van der Waals surface area (Å²) in [4.78, 5) is 25.1. The van der Waals surface area contributed by atoms with Gasteiger partial charge >= 0.3 is 11.9 Å². The third-order valence-electron chi connectivity index (χ3n) is 3.53. The van der Waals surface area contributed by atoms with Crippen molar-refractivity contribution in [3.63, 3.8) is 0 Å². The van der Waals surface area contributed by atoms with Gasteiger partial charge in [-0.25, -0.2) is 9.59 Å². The van der Waals surface area contributed by atoms with Gasteiger partial charge in [0, 0.05) is 31.8 Å². The minimum Gasteiger partial charge on any atom is -0.462 e. The molecule has 6 heteroatoms. The van der Waals surface area contributed by atoms with Crippen LogP contribution in [0.25, 0.3) is 0 Å². The molecule has 1 aliphatic rings. The second-order valence-electron chi connectivity index (χ2n) is 5.45. The van der Waals surface area contributed by atoms with Crippen molar-refractivity contribution in [2.45, 2.75) is 26.7 Å². The fourth-order valence-corrected chi connectivity index (χ4v) is 1.86. The summed E-state index contributed by atoms with van der Waals surface area (Å²) in [5.74, 6) is -0.697. The highest BCUT2D eigenvalue weighted by atomic mass is 16.5. The van der Waals surface area contributed by atoms with E-state index < -0.39 is 11.9 Å². The highest BCUT2D eigenvalue weighted by Crippen LogP contribution is 2.01. The van der Waals surface area contributed by atoms with Crippen LogP contribution in [0.3, 0.4) is 0 Å². The van der Waals surface area contributed by atoms with Gasteiger partial charge in [0.05, 0.1) is 26.4 Å². The summed E-state index contributed by atoms with van der Waals surface area (Å²) in [7, 11) is 0. The Kier molecular flexibility index (Phi) is 9.50. The van der Waals surface area contributed by atoms with E-state index in [1.807, 2.05) is 13.8 Å². The molecular weight excluding hydrogens is 286 g/mol. The zero-order valence-electron chi connectivity index (χ0n) is 13.6. The van der Waals surface area contributed by atoms with Crippen molar-refractivity contribution in [2.24, 2.45) is 5.92 Å². The van der Waals surface area contributed by atoms with Crippen LogP contribution >= 0.6 is 0 Å². The monoisotopic (exact) mass is 313 g/mol. The average Bonchev–Trinajstić information content (AvgIpc) is 2.55. The van der Waals surface area contributed by atoms with Crippen molar-refractivity contribution in [2.75, 3.05) is 46.1 Å². The van der Waals surface area contributed by atoms with Crippen LogP contribution < -0.4 is 0 Å². The molecule has 1 heterocycles. The molecule has 0 aliphatic carbocycles. The minimum atomic E-state index is -0.512. The third-order valence-corrected chi connectivity index (χ3v) is 3.53. The van der Waals surface area contributed by atoms with E-state index >= 15 is 0 Å². The summed E-state index contributed by atoms with van der Waals surface area (Å²) in [6.45, 7) is 9.02. The Hall–Kier alpha value is -1.40. The second kappa shape index (κ2) is 11.2. The standard InChI is InChI=1S/C16H27NO5/c1-3-14(2)13-22-16(19)6-5-15(18)21-10-4-7-17-8-11-20-12-9-17/h5-6,14H,3-4,7-13H2,1-2H3/b6-5+. The lowest BCUT2D eigenvalue weighted by molar-refractivity contribution is -0.141. The van der Waals surface area contributed by atoms with E-state index in [0.29, 0.717) is 19.1 Å². The number of carbonyl (C=O) groups excluding carboxylic acids is 2. The lowest BCUT2D eigenvalue weighted by Gasteiger charge is -2.26. The summed E-state index contributed by atoms with van der Waals surface area (Å²) >= 11 is 0. The number of morpholine rings is 1. The lowest BCUT2D eigenvalue weighted by atomic mass is 10.1. The van der Waals surface area contributed by atoms with E-state index in [2.05, 4.69) is 4.90 Å². The van der Waals surface area contributed by atoms with Crippen molar-refractivity contribution in [3.05, 3.63) is 12.2 Å². The molecule has 1 saturated heterocycles. The molecular formula is C16H27NO5. The van der Waals surface area contributed by atoms with Gasteiger partial charge in [-0.3, -0.25) is 4.90 Å². The predicted octanol–water partition coefficient (Wildman–Crippen LogP) is 1.40. The Bertz CT molecular complexity index is 364. The van der Waals surface area contributed by atoms with Crippen LogP contribution in [0.1, 0.15) is 26.7 Å². The molecule has 0 aromatic rings. The van der Waals surface area contributed by atoms with Gasteiger partial charge < -0.3 is 14.2 Å². The van der Waals surface area contributed by atoms with E-state index in [1.54, 1.807) is 0 Å². The van der Waals surface area contributed by atoms with Gasteiger partial charge in [0.1, 0.15) is 0 Å². The van der Waals surface area contributed by atoms with Gasteiger partial charge in [0.15, 0.2) is 0 Å².